The molecule has 3 aromatic rings. The fraction of sp³-hybridized carbons (Fsp3) is 0.320. The Bertz CT molecular complexity index is 1230. The second-order valence-corrected chi connectivity index (χ2v) is 9.47. The first-order valence-corrected chi connectivity index (χ1v) is 12.0. The van der Waals surface area contributed by atoms with E-state index in [1.54, 1.807) is 6.07 Å². The Kier molecular flexibility index (Phi) is 6.34. The number of nitrogens with one attached hydrogen (secondary N) is 1. The van der Waals surface area contributed by atoms with E-state index in [9.17, 15) is 4.79 Å². The second-order valence-electron chi connectivity index (χ2n) is 8.66. The molecule has 9 heteroatoms. The minimum absolute atomic E-state index is 0.0556. The Balaban J connectivity index is 1.47. The number of anilines is 3. The summed E-state index contributed by atoms with van der Waals surface area (Å²) in [6.07, 6.45) is 0. The van der Waals surface area contributed by atoms with Gasteiger partial charge in [0.2, 0.25) is 5.95 Å². The van der Waals surface area contributed by atoms with Crippen molar-refractivity contribution in [2.45, 2.75) is 26.4 Å². The monoisotopic (exact) mass is 497 g/mol. The van der Waals surface area contributed by atoms with Gasteiger partial charge in [-0.05, 0) is 49.2 Å². The summed E-state index contributed by atoms with van der Waals surface area (Å²) >= 11 is 12.2. The molecule has 7 nitrogen and oxygen atoms in total. The molecule has 0 unspecified atom stereocenters. The number of hydrogen-bond acceptors (Lipinski definition) is 6. The molecule has 0 atom stereocenters. The van der Waals surface area contributed by atoms with Crippen LogP contribution in [0.15, 0.2) is 42.5 Å². The third-order valence-corrected chi connectivity index (χ3v) is 6.84. The highest BCUT2D eigenvalue weighted by atomic mass is 35.5. The standard InChI is InChI=1S/C25H25Cl2N5O2/c1-15(2)32-14-19-22(24(32)33)29-25(31-9-11-34-12-10-31)30-23(19)28-18-6-3-16(4-7-18)17-5-8-20(26)21(27)13-17/h3-8,13,15H,9-12,14H2,1-2H3,(H,28,29,30). The molecule has 2 aliphatic rings. The quantitative estimate of drug-likeness (QED) is 0.509. The highest BCUT2D eigenvalue weighted by Crippen LogP contribution is 2.33. The minimum atomic E-state index is -0.0556. The van der Waals surface area contributed by atoms with Gasteiger partial charge in [-0.2, -0.15) is 4.98 Å². The van der Waals surface area contributed by atoms with Crippen molar-refractivity contribution in [2.75, 3.05) is 36.5 Å². The van der Waals surface area contributed by atoms with E-state index in [0.717, 1.165) is 22.4 Å². The van der Waals surface area contributed by atoms with Gasteiger partial charge < -0.3 is 19.9 Å². The van der Waals surface area contributed by atoms with Crippen LogP contribution >= 0.6 is 23.2 Å². The number of carbonyl (C=O) groups excluding carboxylic acids is 1. The van der Waals surface area contributed by atoms with Crippen molar-refractivity contribution in [3.8, 4) is 11.1 Å². The van der Waals surface area contributed by atoms with Gasteiger partial charge in [0.05, 0.1) is 29.8 Å². The summed E-state index contributed by atoms with van der Waals surface area (Å²) in [4.78, 5) is 26.5. The van der Waals surface area contributed by atoms with Crippen LogP contribution in [0.2, 0.25) is 10.0 Å². The van der Waals surface area contributed by atoms with E-state index >= 15 is 0 Å². The average Bonchev–Trinajstić information content (AvgIpc) is 3.19. The second kappa shape index (κ2) is 9.41. The zero-order valence-corrected chi connectivity index (χ0v) is 20.5. The van der Waals surface area contributed by atoms with Gasteiger partial charge in [0.25, 0.3) is 5.91 Å². The van der Waals surface area contributed by atoms with E-state index in [2.05, 4.69) is 15.2 Å². The van der Waals surface area contributed by atoms with Gasteiger partial charge in [-0.3, -0.25) is 4.79 Å². The number of ether oxygens (including phenoxy) is 1. The summed E-state index contributed by atoms with van der Waals surface area (Å²) in [6.45, 7) is 7.12. The normalized spacial score (nSPS) is 15.7. The van der Waals surface area contributed by atoms with Crippen LogP contribution in [0.1, 0.15) is 29.9 Å². The Hall–Kier alpha value is -2.87. The lowest BCUT2D eigenvalue weighted by molar-refractivity contribution is 0.0726. The van der Waals surface area contributed by atoms with Gasteiger partial charge in [0, 0.05) is 30.4 Å². The molecule has 1 N–H and O–H groups in total. The van der Waals surface area contributed by atoms with E-state index in [0.29, 0.717) is 60.4 Å². The smallest absolute Gasteiger partial charge is 0.273 e. The van der Waals surface area contributed by atoms with Crippen LogP contribution in [0.5, 0.6) is 0 Å². The number of amides is 1. The molecule has 1 saturated heterocycles. The van der Waals surface area contributed by atoms with Gasteiger partial charge in [0.1, 0.15) is 11.5 Å². The maximum absolute atomic E-state index is 13.1. The van der Waals surface area contributed by atoms with E-state index in [1.165, 1.54) is 0 Å². The molecular formula is C25H25Cl2N5O2. The van der Waals surface area contributed by atoms with Gasteiger partial charge in [0.15, 0.2) is 0 Å². The number of nitrogens with zero attached hydrogens (tertiary/aromatic N) is 4. The SMILES string of the molecule is CC(C)N1Cc2c(Nc3ccc(-c4ccc(Cl)c(Cl)c4)cc3)nc(N3CCOCC3)nc2C1=O. The van der Waals surface area contributed by atoms with Crippen LogP contribution in [-0.2, 0) is 11.3 Å². The number of aromatic nitrogens is 2. The van der Waals surface area contributed by atoms with E-state index < -0.39 is 0 Å². The van der Waals surface area contributed by atoms with Crippen molar-refractivity contribution in [1.82, 2.24) is 14.9 Å². The summed E-state index contributed by atoms with van der Waals surface area (Å²) < 4.78 is 5.47. The third kappa shape index (κ3) is 4.43. The Labute approximate surface area is 208 Å². The van der Waals surface area contributed by atoms with Crippen LogP contribution in [0.4, 0.5) is 17.5 Å². The first kappa shape index (κ1) is 22.9. The summed E-state index contributed by atoms with van der Waals surface area (Å²) in [6, 6.07) is 13.6. The molecule has 3 heterocycles. The molecule has 0 bridgehead atoms. The number of carbonyl (C=O) groups is 1. The number of fused-ring (bicyclic) bond motifs is 1. The maximum Gasteiger partial charge on any atom is 0.273 e. The number of rotatable bonds is 5. The van der Waals surface area contributed by atoms with Gasteiger partial charge >= 0.3 is 0 Å². The number of benzene rings is 2. The Morgan fingerprint density at radius 3 is 2.35 bits per heavy atom. The zero-order chi connectivity index (χ0) is 23.8. The molecule has 1 aromatic heterocycles. The molecule has 1 fully saturated rings. The van der Waals surface area contributed by atoms with Crippen molar-refractivity contribution in [1.29, 1.82) is 0 Å². The lowest BCUT2D eigenvalue weighted by atomic mass is 10.1. The fourth-order valence-electron chi connectivity index (χ4n) is 4.16. The van der Waals surface area contributed by atoms with E-state index in [1.807, 2.05) is 55.1 Å². The number of halogens is 2. The van der Waals surface area contributed by atoms with Crippen molar-refractivity contribution < 1.29 is 9.53 Å². The zero-order valence-electron chi connectivity index (χ0n) is 19.0. The van der Waals surface area contributed by atoms with Crippen LogP contribution in [0, 0.1) is 0 Å². The molecular weight excluding hydrogens is 473 g/mol. The van der Waals surface area contributed by atoms with Crippen LogP contribution in [0.25, 0.3) is 11.1 Å². The average molecular weight is 498 g/mol. The Morgan fingerprint density at radius 1 is 0.971 bits per heavy atom. The largest absolute Gasteiger partial charge is 0.378 e. The van der Waals surface area contributed by atoms with Crippen LogP contribution < -0.4 is 10.2 Å². The van der Waals surface area contributed by atoms with Crippen molar-refractivity contribution >= 4 is 46.6 Å². The lowest BCUT2D eigenvalue weighted by Crippen LogP contribution is -2.37. The van der Waals surface area contributed by atoms with Gasteiger partial charge in [-0.1, -0.05) is 41.4 Å². The molecule has 0 radical (unpaired) electrons. The molecule has 0 spiro atoms. The van der Waals surface area contributed by atoms with Crippen LogP contribution in [-0.4, -0.2) is 53.1 Å². The van der Waals surface area contributed by atoms with Crippen molar-refractivity contribution in [3.63, 3.8) is 0 Å². The molecule has 1 amide bonds. The summed E-state index contributed by atoms with van der Waals surface area (Å²) in [5.41, 5.74) is 4.17. The molecule has 0 saturated carbocycles. The van der Waals surface area contributed by atoms with Crippen LogP contribution in [0.3, 0.4) is 0 Å². The predicted octanol–water partition coefficient (Wildman–Crippen LogP) is 5.39. The summed E-state index contributed by atoms with van der Waals surface area (Å²) in [7, 11) is 0. The third-order valence-electron chi connectivity index (χ3n) is 6.11. The first-order chi connectivity index (χ1) is 16.4. The highest BCUT2D eigenvalue weighted by Gasteiger charge is 2.35. The predicted molar refractivity (Wildman–Crippen MR) is 135 cm³/mol. The van der Waals surface area contributed by atoms with Crippen molar-refractivity contribution in [3.05, 3.63) is 63.8 Å². The van der Waals surface area contributed by atoms with Gasteiger partial charge in [-0.15, -0.1) is 0 Å². The van der Waals surface area contributed by atoms with Crippen molar-refractivity contribution in [2.24, 2.45) is 0 Å². The molecule has 2 aromatic carbocycles. The van der Waals surface area contributed by atoms with Gasteiger partial charge in [-0.25, -0.2) is 4.98 Å². The summed E-state index contributed by atoms with van der Waals surface area (Å²) in [5, 5.41) is 4.48. The van der Waals surface area contributed by atoms with E-state index in [4.69, 9.17) is 32.9 Å². The topological polar surface area (TPSA) is 70.6 Å². The summed E-state index contributed by atoms with van der Waals surface area (Å²) in [5.74, 6) is 1.15. The molecule has 5 rings (SSSR count). The molecule has 2 aliphatic heterocycles. The number of hydrogen-bond donors (Lipinski definition) is 1. The maximum atomic E-state index is 13.1. The number of morpholine rings is 1. The molecule has 176 valence electrons. The first-order valence-electron chi connectivity index (χ1n) is 11.3. The Morgan fingerprint density at radius 2 is 1.68 bits per heavy atom. The molecule has 34 heavy (non-hydrogen) atoms. The van der Waals surface area contributed by atoms with E-state index in [-0.39, 0.29) is 11.9 Å². The molecule has 0 aliphatic carbocycles. The highest BCUT2D eigenvalue weighted by molar-refractivity contribution is 6.42. The lowest BCUT2D eigenvalue weighted by Gasteiger charge is -2.27. The minimum Gasteiger partial charge on any atom is -0.378 e. The fourth-order valence-corrected chi connectivity index (χ4v) is 4.46.